The molecule has 0 fully saturated rings. The van der Waals surface area contributed by atoms with Gasteiger partial charge < -0.3 is 4.57 Å². The van der Waals surface area contributed by atoms with Gasteiger partial charge in [-0.3, -0.25) is 4.98 Å². The number of nitrogens with zero attached hydrogens (tertiary/aromatic N) is 4. The predicted octanol–water partition coefficient (Wildman–Crippen LogP) is 15.2. The number of para-hydroxylation sites is 2. The van der Waals surface area contributed by atoms with Crippen molar-refractivity contribution in [1.29, 1.82) is 0 Å². The molecule has 0 aliphatic rings. The summed E-state index contributed by atoms with van der Waals surface area (Å²) in [6.45, 7) is 17.1. The van der Waals surface area contributed by atoms with Crippen molar-refractivity contribution in [1.82, 2.24) is 19.5 Å². The number of benzene rings is 5. The summed E-state index contributed by atoms with van der Waals surface area (Å²) in [5.74, 6) is 8.42. The molecule has 0 amide bonds. The Hall–Kier alpha value is -4.72. The molecule has 323 valence electrons. The molecular formula is C56H58GeIrN4S-2. The number of rotatable bonds is 8. The maximum Gasteiger partial charge on any atom is 0 e. The van der Waals surface area contributed by atoms with Gasteiger partial charge in [0.05, 0.1) is 16.9 Å². The third-order valence-electron chi connectivity index (χ3n) is 11.2. The minimum Gasteiger partial charge on any atom is 0 e. The molecule has 4 nitrogen and oxygen atoms in total. The summed E-state index contributed by atoms with van der Waals surface area (Å²) in [4.78, 5) is 15.8. The second-order valence-corrected chi connectivity index (χ2v) is 30.5. The SMILES string of the molecule is Cc1ccc2c(n1)sc1c(-c3nc4ccccc4n3-c3c(C(C)C)cc(-c4ccccc4)cc3C(C)C)[c-]ccc12.[2H]C([2H])(c1cc(-c2[c-]cccc2)nc[c]1[Ge]([CH3])([CH3])[CH3])C(C)(C)C.[Ir]. The number of pyridine rings is 2. The van der Waals surface area contributed by atoms with E-state index >= 15 is 0 Å². The van der Waals surface area contributed by atoms with E-state index in [1.165, 1.54) is 43.4 Å². The largest absolute Gasteiger partial charge is 0 e. The van der Waals surface area contributed by atoms with Crippen molar-refractivity contribution >= 4 is 60.3 Å². The topological polar surface area (TPSA) is 43.6 Å². The fourth-order valence-electron chi connectivity index (χ4n) is 8.18. The Balaban J connectivity index is 0.000000225. The first kappa shape index (κ1) is 43.5. The van der Waals surface area contributed by atoms with Gasteiger partial charge in [-0.25, -0.2) is 4.98 Å². The molecule has 0 aliphatic carbocycles. The van der Waals surface area contributed by atoms with E-state index in [9.17, 15) is 0 Å². The molecule has 0 atom stereocenters. The molecule has 5 aromatic carbocycles. The normalized spacial score (nSPS) is 12.7. The van der Waals surface area contributed by atoms with Crippen LogP contribution in [0.2, 0.25) is 17.3 Å². The van der Waals surface area contributed by atoms with Crippen LogP contribution in [0, 0.1) is 24.5 Å². The summed E-state index contributed by atoms with van der Waals surface area (Å²) in [5, 5.41) is 2.39. The molecule has 0 bridgehead atoms. The van der Waals surface area contributed by atoms with Gasteiger partial charge in [0.1, 0.15) is 4.83 Å². The van der Waals surface area contributed by atoms with Crippen LogP contribution in [-0.4, -0.2) is 32.8 Å². The van der Waals surface area contributed by atoms with Gasteiger partial charge in [-0.05, 0) is 81.4 Å². The predicted molar refractivity (Wildman–Crippen MR) is 269 cm³/mol. The fraction of sp³-hybridized carbons (Fsp3) is 0.268. The molecule has 1 radical (unpaired) electrons. The van der Waals surface area contributed by atoms with E-state index in [0.717, 1.165) is 54.2 Å². The maximum atomic E-state index is 8.76. The quantitative estimate of drug-likeness (QED) is 0.112. The molecule has 0 saturated carbocycles. The van der Waals surface area contributed by atoms with Gasteiger partial charge in [-0.1, -0.05) is 87.2 Å². The molecule has 4 aromatic heterocycles. The van der Waals surface area contributed by atoms with Crippen LogP contribution in [0.3, 0.4) is 0 Å². The molecule has 9 rings (SSSR count). The first-order valence-electron chi connectivity index (χ1n) is 22.7. The zero-order valence-electron chi connectivity index (χ0n) is 40.3. The van der Waals surface area contributed by atoms with Crippen molar-refractivity contribution in [2.24, 2.45) is 5.41 Å². The summed E-state index contributed by atoms with van der Waals surface area (Å²) >= 11 is -0.505. The molecule has 0 N–H and O–H groups in total. The smallest absolute Gasteiger partial charge is 0 e. The van der Waals surface area contributed by atoms with E-state index in [-0.39, 0.29) is 20.1 Å². The van der Waals surface area contributed by atoms with Gasteiger partial charge in [-0.15, -0.1) is 18.2 Å². The second-order valence-electron chi connectivity index (χ2n) is 19.0. The van der Waals surface area contributed by atoms with Gasteiger partial charge >= 0.3 is 135 Å². The Bertz CT molecular complexity index is 3100. The van der Waals surface area contributed by atoms with Crippen molar-refractivity contribution in [2.75, 3.05) is 0 Å². The van der Waals surface area contributed by atoms with E-state index < -0.39 is 25.1 Å². The van der Waals surface area contributed by atoms with Crippen LogP contribution in [0.4, 0.5) is 0 Å². The van der Waals surface area contributed by atoms with E-state index in [4.69, 9.17) is 12.7 Å². The third kappa shape index (κ3) is 9.85. The first-order chi connectivity index (χ1) is 30.3. The van der Waals surface area contributed by atoms with Gasteiger partial charge in [0.25, 0.3) is 0 Å². The van der Waals surface area contributed by atoms with Crippen molar-refractivity contribution in [2.45, 2.75) is 90.9 Å². The zero-order valence-corrected chi connectivity index (χ0v) is 43.6. The van der Waals surface area contributed by atoms with Gasteiger partial charge in [0.2, 0.25) is 0 Å². The average Bonchev–Trinajstić information content (AvgIpc) is 3.84. The first-order valence-corrected chi connectivity index (χ1v) is 29.9. The Morgan fingerprint density at radius 1 is 0.746 bits per heavy atom. The minimum atomic E-state index is -2.24. The molecule has 7 heteroatoms. The number of hydrogen-bond donors (Lipinski definition) is 0. The Kier molecular flexibility index (Phi) is 13.0. The number of aryl methyl sites for hydroxylation is 1. The number of hydrogen-bond acceptors (Lipinski definition) is 4. The van der Waals surface area contributed by atoms with Crippen LogP contribution >= 0.6 is 11.3 Å². The molecule has 0 aliphatic heterocycles. The van der Waals surface area contributed by atoms with E-state index in [2.05, 4.69) is 159 Å². The van der Waals surface area contributed by atoms with Crippen LogP contribution in [0.5, 0.6) is 0 Å². The van der Waals surface area contributed by atoms with Gasteiger partial charge in [0.15, 0.2) is 0 Å². The number of imidazole rings is 1. The zero-order chi connectivity index (χ0) is 45.7. The van der Waals surface area contributed by atoms with Crippen molar-refractivity contribution in [3.05, 3.63) is 162 Å². The number of thiophene rings is 1. The monoisotopic (exact) mass is 1090 g/mol. The number of aromatic nitrogens is 4. The summed E-state index contributed by atoms with van der Waals surface area (Å²) in [6, 6.07) is 49.0. The minimum absolute atomic E-state index is 0. The molecule has 0 unspecified atom stereocenters. The van der Waals surface area contributed by atoms with Gasteiger partial charge in [-0.2, -0.15) is 11.3 Å². The maximum absolute atomic E-state index is 8.76. The summed E-state index contributed by atoms with van der Waals surface area (Å²) in [7, 11) is 0. The van der Waals surface area contributed by atoms with Crippen LogP contribution in [-0.2, 0) is 26.5 Å². The van der Waals surface area contributed by atoms with E-state index in [1.807, 2.05) is 63.4 Å². The molecule has 0 saturated heterocycles. The summed E-state index contributed by atoms with van der Waals surface area (Å²) < 4.78 is 22.2. The van der Waals surface area contributed by atoms with Crippen LogP contribution < -0.4 is 4.40 Å². The van der Waals surface area contributed by atoms with Crippen molar-refractivity contribution in [3.8, 4) is 39.5 Å². The van der Waals surface area contributed by atoms with Gasteiger partial charge in [0, 0.05) is 31.5 Å². The molecule has 4 heterocycles. The molecule has 0 spiro atoms. The van der Waals surface area contributed by atoms with Crippen molar-refractivity contribution in [3.63, 3.8) is 0 Å². The third-order valence-corrected chi connectivity index (χ3v) is 16.5. The van der Waals surface area contributed by atoms with E-state index in [0.29, 0.717) is 11.8 Å². The summed E-state index contributed by atoms with van der Waals surface area (Å²) in [6.07, 6.45) is 0.502. The van der Waals surface area contributed by atoms with Crippen LogP contribution in [0.1, 0.15) is 85.4 Å². The summed E-state index contributed by atoms with van der Waals surface area (Å²) in [5.41, 5.74) is 12.6. The standard InChI is InChI=1S/C37H32N3S.C19H26GeN.Ir/c1-22(2)30-20-26(25-12-7-6-8-13-25)21-31(23(3)4)34(30)40-33-17-10-9-16-32(33)39-36(40)29-15-11-14-27-28-19-18-24(5)38-37(28)41-35(27)29;1-19(2,3)13-16-12-18(15-10-8-7-9-11-15)21-14-17(16)20(4,5)6;/h6-14,16-23H,1-5H3;7-10,12,14H,13H2,1-6H3;/q2*-1;/i;13D2;. The second kappa shape index (κ2) is 18.8. The Morgan fingerprint density at radius 3 is 2.08 bits per heavy atom. The van der Waals surface area contributed by atoms with Crippen LogP contribution in [0.15, 0.2) is 128 Å². The molecular weight excluding hydrogens is 1030 g/mol. The van der Waals surface area contributed by atoms with E-state index in [1.54, 1.807) is 11.3 Å². The fourth-order valence-corrected chi connectivity index (χ4v) is 12.3. The molecule has 63 heavy (non-hydrogen) atoms. The number of fused-ring (bicyclic) bond motifs is 4. The Morgan fingerprint density at radius 2 is 1.43 bits per heavy atom. The Labute approximate surface area is 397 Å². The molecule has 9 aromatic rings. The van der Waals surface area contributed by atoms with Crippen molar-refractivity contribution < 1.29 is 22.8 Å². The average molecular weight is 1090 g/mol. The van der Waals surface area contributed by atoms with Crippen LogP contribution in [0.25, 0.3) is 70.8 Å².